The van der Waals surface area contributed by atoms with Crippen molar-refractivity contribution in [2.24, 2.45) is 0 Å². The third-order valence-electron chi connectivity index (χ3n) is 2.18. The van der Waals surface area contributed by atoms with Crippen LogP contribution >= 0.6 is 0 Å². The molecule has 2 aromatic rings. The first-order chi connectivity index (χ1) is 7.97. The lowest BCUT2D eigenvalue weighted by atomic mass is 10.1. The van der Waals surface area contributed by atoms with E-state index in [0.717, 1.165) is 5.56 Å². The maximum absolute atomic E-state index is 9.72. The molecule has 2 heterocycles. The second kappa shape index (κ2) is 4.06. The van der Waals surface area contributed by atoms with E-state index in [1.54, 1.807) is 32.3 Å². The van der Waals surface area contributed by atoms with Crippen LogP contribution in [0.4, 0.5) is 5.82 Å². The minimum Gasteiger partial charge on any atom is -0.384 e. The Morgan fingerprint density at radius 3 is 2.29 bits per heavy atom. The van der Waals surface area contributed by atoms with E-state index in [-0.39, 0.29) is 0 Å². The van der Waals surface area contributed by atoms with E-state index < -0.39 is 5.60 Å². The van der Waals surface area contributed by atoms with Gasteiger partial charge in [-0.1, -0.05) is 0 Å². The van der Waals surface area contributed by atoms with Crippen LogP contribution in [0, 0.1) is 0 Å². The zero-order chi connectivity index (χ0) is 12.5. The van der Waals surface area contributed by atoms with Crippen LogP contribution in [0.5, 0.6) is 0 Å². The highest BCUT2D eigenvalue weighted by Crippen LogP contribution is 2.19. The molecule has 0 bridgehead atoms. The number of aromatic nitrogens is 4. The van der Waals surface area contributed by atoms with Gasteiger partial charge in [-0.3, -0.25) is 0 Å². The maximum atomic E-state index is 9.72. The quantitative estimate of drug-likeness (QED) is 0.791. The van der Waals surface area contributed by atoms with Gasteiger partial charge in [0, 0.05) is 24.0 Å². The van der Waals surface area contributed by atoms with Crippen molar-refractivity contribution in [2.75, 3.05) is 5.73 Å². The van der Waals surface area contributed by atoms with Crippen molar-refractivity contribution in [3.05, 3.63) is 30.6 Å². The van der Waals surface area contributed by atoms with Crippen molar-refractivity contribution in [3.8, 4) is 11.3 Å². The number of anilines is 1. The zero-order valence-corrected chi connectivity index (χ0v) is 9.62. The van der Waals surface area contributed by atoms with Gasteiger partial charge in [-0.15, -0.1) is 0 Å². The molecule has 88 valence electrons. The molecule has 3 N–H and O–H groups in total. The van der Waals surface area contributed by atoms with E-state index in [9.17, 15) is 5.11 Å². The highest BCUT2D eigenvalue weighted by molar-refractivity contribution is 5.59. The van der Waals surface area contributed by atoms with Gasteiger partial charge in [-0.2, -0.15) is 0 Å². The molecule has 0 aliphatic heterocycles. The number of nitrogen functional groups attached to an aromatic ring is 1. The first-order valence-electron chi connectivity index (χ1n) is 5.09. The van der Waals surface area contributed by atoms with Crippen LogP contribution in [-0.2, 0) is 5.60 Å². The Bertz CT molecular complexity index is 518. The predicted octanol–water partition coefficient (Wildman–Crippen LogP) is 0.743. The highest BCUT2D eigenvalue weighted by Gasteiger charge is 2.19. The third-order valence-corrected chi connectivity index (χ3v) is 2.18. The monoisotopic (exact) mass is 231 g/mol. The van der Waals surface area contributed by atoms with Crippen LogP contribution in [0.3, 0.4) is 0 Å². The van der Waals surface area contributed by atoms with Gasteiger partial charge in [-0.25, -0.2) is 19.9 Å². The van der Waals surface area contributed by atoms with Gasteiger partial charge in [0.15, 0.2) is 5.82 Å². The van der Waals surface area contributed by atoms with Gasteiger partial charge < -0.3 is 10.8 Å². The van der Waals surface area contributed by atoms with Crippen molar-refractivity contribution in [2.45, 2.75) is 19.4 Å². The van der Waals surface area contributed by atoms with Crippen LogP contribution in [-0.4, -0.2) is 25.0 Å². The summed E-state index contributed by atoms with van der Waals surface area (Å²) >= 11 is 0. The summed E-state index contributed by atoms with van der Waals surface area (Å²) in [4.78, 5) is 16.1. The maximum Gasteiger partial charge on any atom is 0.159 e. The molecule has 0 radical (unpaired) electrons. The smallest absolute Gasteiger partial charge is 0.159 e. The Morgan fingerprint density at radius 1 is 1.12 bits per heavy atom. The van der Waals surface area contributed by atoms with E-state index in [0.29, 0.717) is 17.3 Å². The fourth-order valence-electron chi connectivity index (χ4n) is 1.31. The Kier molecular flexibility index (Phi) is 2.72. The second-order valence-electron chi connectivity index (χ2n) is 4.18. The van der Waals surface area contributed by atoms with E-state index in [4.69, 9.17) is 5.73 Å². The molecular weight excluding hydrogens is 218 g/mol. The number of nitrogens with zero attached hydrogens (tertiary/aromatic N) is 4. The minimum absolute atomic E-state index is 0.364. The Morgan fingerprint density at radius 2 is 1.76 bits per heavy atom. The number of nitrogens with two attached hydrogens (primary N) is 1. The van der Waals surface area contributed by atoms with Gasteiger partial charge >= 0.3 is 0 Å². The molecular formula is C11H13N5O. The summed E-state index contributed by atoms with van der Waals surface area (Å²) < 4.78 is 0. The molecule has 2 aromatic heterocycles. The Hall–Kier alpha value is -2.08. The number of hydrogen-bond acceptors (Lipinski definition) is 6. The first kappa shape index (κ1) is 11.4. The number of hydrogen-bond donors (Lipinski definition) is 2. The molecule has 0 aliphatic carbocycles. The molecule has 0 aromatic carbocycles. The van der Waals surface area contributed by atoms with Crippen LogP contribution in [0.1, 0.15) is 19.7 Å². The van der Waals surface area contributed by atoms with Crippen molar-refractivity contribution >= 4 is 5.82 Å². The van der Waals surface area contributed by atoms with Crippen molar-refractivity contribution in [1.82, 2.24) is 19.9 Å². The average Bonchev–Trinajstić information content (AvgIpc) is 2.28. The normalized spacial score (nSPS) is 11.5. The molecule has 0 fully saturated rings. The molecule has 6 heteroatoms. The van der Waals surface area contributed by atoms with Crippen molar-refractivity contribution in [1.29, 1.82) is 0 Å². The largest absolute Gasteiger partial charge is 0.384 e. The average molecular weight is 231 g/mol. The summed E-state index contributed by atoms with van der Waals surface area (Å²) in [6, 6.07) is 1.64. The van der Waals surface area contributed by atoms with Crippen LogP contribution < -0.4 is 5.73 Å². The van der Waals surface area contributed by atoms with E-state index in [1.807, 2.05) is 0 Å². The SMILES string of the molecule is CC(C)(O)c1ncc(-c2cc(N)ncn2)cn1. The van der Waals surface area contributed by atoms with Gasteiger partial charge in [0.1, 0.15) is 17.7 Å². The zero-order valence-electron chi connectivity index (χ0n) is 9.62. The standard InChI is InChI=1S/C11H13N5O/c1-11(2,17)10-13-4-7(5-14-10)8-3-9(12)16-6-15-8/h3-6,17H,1-2H3,(H2,12,15,16). The molecule has 0 atom stereocenters. The first-order valence-corrected chi connectivity index (χ1v) is 5.09. The predicted molar refractivity (Wildman–Crippen MR) is 62.7 cm³/mol. The van der Waals surface area contributed by atoms with Crippen molar-refractivity contribution in [3.63, 3.8) is 0 Å². The molecule has 0 saturated heterocycles. The lowest BCUT2D eigenvalue weighted by Gasteiger charge is -2.14. The highest BCUT2D eigenvalue weighted by atomic mass is 16.3. The molecule has 0 saturated carbocycles. The lowest BCUT2D eigenvalue weighted by Crippen LogP contribution is -2.19. The van der Waals surface area contributed by atoms with Gasteiger partial charge in [0.2, 0.25) is 0 Å². The minimum atomic E-state index is -1.05. The summed E-state index contributed by atoms with van der Waals surface area (Å²) in [5, 5.41) is 9.72. The molecule has 0 unspecified atom stereocenters. The molecule has 17 heavy (non-hydrogen) atoms. The summed E-state index contributed by atoms with van der Waals surface area (Å²) in [6.45, 7) is 3.26. The van der Waals surface area contributed by atoms with E-state index in [2.05, 4.69) is 19.9 Å². The Labute approximate surface area is 98.6 Å². The van der Waals surface area contributed by atoms with Gasteiger partial charge in [0.25, 0.3) is 0 Å². The fraction of sp³-hybridized carbons (Fsp3) is 0.273. The molecule has 0 aliphatic rings. The van der Waals surface area contributed by atoms with E-state index in [1.165, 1.54) is 6.33 Å². The second-order valence-corrected chi connectivity index (χ2v) is 4.18. The number of rotatable bonds is 2. The topological polar surface area (TPSA) is 97.8 Å². The van der Waals surface area contributed by atoms with Crippen LogP contribution in [0.25, 0.3) is 11.3 Å². The summed E-state index contributed by atoms with van der Waals surface area (Å²) in [5.74, 6) is 0.754. The molecule has 2 rings (SSSR count). The van der Waals surface area contributed by atoms with Crippen LogP contribution in [0.15, 0.2) is 24.8 Å². The Balaban J connectivity index is 2.36. The third kappa shape index (κ3) is 2.54. The molecule has 0 spiro atoms. The van der Waals surface area contributed by atoms with Crippen molar-refractivity contribution < 1.29 is 5.11 Å². The summed E-state index contributed by atoms with van der Waals surface area (Å²) in [5.41, 5.74) is 5.89. The van der Waals surface area contributed by atoms with Gasteiger partial charge in [0.05, 0.1) is 5.69 Å². The van der Waals surface area contributed by atoms with E-state index >= 15 is 0 Å². The molecule has 0 amide bonds. The lowest BCUT2D eigenvalue weighted by molar-refractivity contribution is 0.0687. The summed E-state index contributed by atoms with van der Waals surface area (Å²) in [7, 11) is 0. The fourth-order valence-corrected chi connectivity index (χ4v) is 1.31. The summed E-state index contributed by atoms with van der Waals surface area (Å²) in [6.07, 6.45) is 4.58. The van der Waals surface area contributed by atoms with Gasteiger partial charge in [-0.05, 0) is 13.8 Å². The van der Waals surface area contributed by atoms with Crippen LogP contribution in [0.2, 0.25) is 0 Å². The number of aliphatic hydroxyl groups is 1. The molecule has 6 nitrogen and oxygen atoms in total.